The maximum Gasteiger partial charge on any atom is 0.0902 e. The molecule has 0 atom stereocenters. The number of hydrogen-bond acceptors (Lipinski definition) is 4. The first-order valence-electron chi connectivity index (χ1n) is 7.19. The van der Waals surface area contributed by atoms with Gasteiger partial charge in [-0.05, 0) is 24.6 Å². The number of nitrogens with two attached hydrogens (primary N) is 1. The Morgan fingerprint density at radius 1 is 1.10 bits per heavy atom. The summed E-state index contributed by atoms with van der Waals surface area (Å²) in [7, 11) is 0. The zero-order chi connectivity index (χ0) is 14.7. The minimum Gasteiger partial charge on any atom is -0.398 e. The highest BCUT2D eigenvalue weighted by Crippen LogP contribution is 2.26. The van der Waals surface area contributed by atoms with Crippen LogP contribution in [-0.4, -0.2) is 29.6 Å². The Kier molecular flexibility index (Phi) is 3.77. The molecule has 4 nitrogen and oxygen atoms in total. The van der Waals surface area contributed by atoms with E-state index in [1.807, 2.05) is 48.8 Å². The highest BCUT2D eigenvalue weighted by atomic mass is 15.3. The third-order valence-corrected chi connectivity index (χ3v) is 3.88. The van der Waals surface area contributed by atoms with Gasteiger partial charge < -0.3 is 15.5 Å². The lowest BCUT2D eigenvalue weighted by atomic mass is 10.1. The highest BCUT2D eigenvalue weighted by molar-refractivity contribution is 5.72. The van der Waals surface area contributed by atoms with Crippen molar-refractivity contribution in [1.29, 1.82) is 0 Å². The van der Waals surface area contributed by atoms with Gasteiger partial charge in [0.2, 0.25) is 0 Å². The van der Waals surface area contributed by atoms with E-state index >= 15 is 0 Å². The van der Waals surface area contributed by atoms with Crippen LogP contribution in [0.1, 0.15) is 12.0 Å². The third kappa shape index (κ3) is 2.84. The number of pyridine rings is 1. The van der Waals surface area contributed by atoms with E-state index in [-0.39, 0.29) is 0 Å². The predicted molar refractivity (Wildman–Crippen MR) is 87.7 cm³/mol. The van der Waals surface area contributed by atoms with Crippen LogP contribution in [0.3, 0.4) is 0 Å². The number of hydrogen-bond donors (Lipinski definition) is 1. The van der Waals surface area contributed by atoms with E-state index in [1.165, 1.54) is 5.69 Å². The van der Waals surface area contributed by atoms with Crippen molar-refractivity contribution in [2.75, 3.05) is 30.4 Å². The molecule has 0 radical (unpaired) electrons. The normalized spacial score (nSPS) is 15.0. The van der Waals surface area contributed by atoms with Gasteiger partial charge in [0.25, 0.3) is 0 Å². The van der Waals surface area contributed by atoms with Gasteiger partial charge in [-0.25, -0.2) is 0 Å². The molecule has 1 fully saturated rings. The highest BCUT2D eigenvalue weighted by Gasteiger charge is 2.20. The molecule has 0 aliphatic carbocycles. The van der Waals surface area contributed by atoms with Gasteiger partial charge in [-0.2, -0.15) is 0 Å². The van der Waals surface area contributed by atoms with Crippen LogP contribution in [0.15, 0.2) is 55.4 Å². The fourth-order valence-corrected chi connectivity index (χ4v) is 2.72. The summed E-state index contributed by atoms with van der Waals surface area (Å²) in [6, 6.07) is 12.0. The molecular weight excluding hydrogens is 260 g/mol. The summed E-state index contributed by atoms with van der Waals surface area (Å²) < 4.78 is 0. The average Bonchev–Trinajstić information content (AvgIpc) is 2.56. The van der Waals surface area contributed by atoms with Gasteiger partial charge in [0.15, 0.2) is 0 Å². The molecule has 0 unspecified atom stereocenters. The summed E-state index contributed by atoms with van der Waals surface area (Å²) in [5, 5.41) is 0. The number of para-hydroxylation sites is 1. The smallest absolute Gasteiger partial charge is 0.0902 e. The van der Waals surface area contributed by atoms with Gasteiger partial charge in [0.05, 0.1) is 6.67 Å². The molecule has 2 heterocycles. The largest absolute Gasteiger partial charge is 0.398 e. The molecule has 108 valence electrons. The summed E-state index contributed by atoms with van der Waals surface area (Å²) in [6.45, 7) is 7.14. The lowest BCUT2D eigenvalue weighted by molar-refractivity contribution is 0.344. The maximum absolute atomic E-state index is 6.06. The molecule has 0 bridgehead atoms. The van der Waals surface area contributed by atoms with Crippen molar-refractivity contribution >= 4 is 17.1 Å². The molecule has 1 aliphatic heterocycles. The van der Waals surface area contributed by atoms with Crippen molar-refractivity contribution in [3.05, 3.63) is 60.9 Å². The first-order valence-corrected chi connectivity index (χ1v) is 7.19. The zero-order valence-corrected chi connectivity index (χ0v) is 12.1. The maximum atomic E-state index is 6.06. The molecule has 0 spiro atoms. The Morgan fingerprint density at radius 2 is 1.86 bits per heavy atom. The van der Waals surface area contributed by atoms with Crippen molar-refractivity contribution in [2.45, 2.75) is 6.42 Å². The zero-order valence-electron chi connectivity index (χ0n) is 12.1. The molecule has 4 heteroatoms. The van der Waals surface area contributed by atoms with Crippen molar-refractivity contribution in [2.24, 2.45) is 0 Å². The number of nitrogen functional groups attached to an aromatic ring is 1. The number of rotatable bonds is 3. The van der Waals surface area contributed by atoms with Crippen molar-refractivity contribution in [3.8, 4) is 0 Å². The number of aromatic nitrogens is 1. The minimum absolute atomic E-state index is 0.781. The standard InChI is InChI=1S/C17H20N4/c1-14(16-5-2-3-6-17(16)18)20-11-4-12-21(13-20)15-7-9-19-10-8-15/h2-3,5-10H,1,4,11-13,18H2. The second-order valence-corrected chi connectivity index (χ2v) is 5.26. The van der Waals surface area contributed by atoms with Crippen molar-refractivity contribution < 1.29 is 0 Å². The van der Waals surface area contributed by atoms with Crippen molar-refractivity contribution in [3.63, 3.8) is 0 Å². The summed E-state index contributed by atoms with van der Waals surface area (Å²) >= 11 is 0. The van der Waals surface area contributed by atoms with Crippen LogP contribution >= 0.6 is 0 Å². The molecule has 21 heavy (non-hydrogen) atoms. The summed E-state index contributed by atoms with van der Waals surface area (Å²) in [5.41, 5.74) is 10.1. The van der Waals surface area contributed by atoms with Crippen molar-refractivity contribution in [1.82, 2.24) is 9.88 Å². The van der Waals surface area contributed by atoms with Crippen LogP contribution in [0.4, 0.5) is 11.4 Å². The Morgan fingerprint density at radius 3 is 2.62 bits per heavy atom. The van der Waals surface area contributed by atoms with Gasteiger partial charge in [-0.1, -0.05) is 24.8 Å². The van der Waals surface area contributed by atoms with Gasteiger partial charge >= 0.3 is 0 Å². The predicted octanol–water partition coefficient (Wildman–Crippen LogP) is 2.80. The average molecular weight is 280 g/mol. The molecule has 1 aliphatic rings. The summed E-state index contributed by atoms with van der Waals surface area (Å²) in [6.07, 6.45) is 4.77. The number of anilines is 2. The van der Waals surface area contributed by atoms with Gasteiger partial charge in [-0.3, -0.25) is 4.98 Å². The molecule has 1 saturated heterocycles. The fourth-order valence-electron chi connectivity index (χ4n) is 2.72. The van der Waals surface area contributed by atoms with E-state index in [1.54, 1.807) is 0 Å². The lowest BCUT2D eigenvalue weighted by Crippen LogP contribution is -2.43. The monoisotopic (exact) mass is 280 g/mol. The van der Waals surface area contributed by atoms with Gasteiger partial charge in [0, 0.05) is 48.1 Å². The Labute approximate surface area is 125 Å². The van der Waals surface area contributed by atoms with E-state index in [9.17, 15) is 0 Å². The summed E-state index contributed by atoms with van der Waals surface area (Å²) in [5.74, 6) is 0. The molecule has 2 N–H and O–H groups in total. The fraction of sp³-hybridized carbons (Fsp3) is 0.235. The van der Waals surface area contributed by atoms with Gasteiger partial charge in [0.1, 0.15) is 0 Å². The molecule has 3 rings (SSSR count). The van der Waals surface area contributed by atoms with E-state index in [2.05, 4.69) is 21.4 Å². The molecule has 1 aromatic carbocycles. The Bertz CT molecular complexity index is 624. The van der Waals surface area contributed by atoms with Crippen LogP contribution in [-0.2, 0) is 0 Å². The molecular formula is C17H20N4. The molecule has 2 aromatic rings. The van der Waals surface area contributed by atoms with Crippen LogP contribution in [0, 0.1) is 0 Å². The van der Waals surface area contributed by atoms with Gasteiger partial charge in [-0.15, -0.1) is 0 Å². The minimum atomic E-state index is 0.781. The third-order valence-electron chi connectivity index (χ3n) is 3.88. The van der Waals surface area contributed by atoms with Crippen LogP contribution in [0.5, 0.6) is 0 Å². The topological polar surface area (TPSA) is 45.4 Å². The lowest BCUT2D eigenvalue weighted by Gasteiger charge is -2.39. The Hall–Kier alpha value is -2.49. The Balaban J connectivity index is 1.77. The van der Waals surface area contributed by atoms with Crippen LogP contribution in [0.25, 0.3) is 5.70 Å². The van der Waals surface area contributed by atoms with E-state index in [0.29, 0.717) is 0 Å². The second-order valence-electron chi connectivity index (χ2n) is 5.26. The molecule has 0 amide bonds. The van der Waals surface area contributed by atoms with Crippen LogP contribution < -0.4 is 10.6 Å². The molecule has 0 saturated carbocycles. The quantitative estimate of drug-likeness (QED) is 0.878. The van der Waals surface area contributed by atoms with E-state index in [0.717, 1.165) is 43.1 Å². The van der Waals surface area contributed by atoms with Crippen LogP contribution in [0.2, 0.25) is 0 Å². The first kappa shape index (κ1) is 13.5. The summed E-state index contributed by atoms with van der Waals surface area (Å²) in [4.78, 5) is 8.71. The number of benzene rings is 1. The second kappa shape index (κ2) is 5.87. The van der Waals surface area contributed by atoms with E-state index < -0.39 is 0 Å². The SMILES string of the molecule is C=C(c1ccccc1N)N1CCCN(c2ccncc2)C1. The molecule has 1 aromatic heterocycles. The first-order chi connectivity index (χ1) is 10.3. The number of nitrogens with zero attached hydrogens (tertiary/aromatic N) is 3. The van der Waals surface area contributed by atoms with E-state index in [4.69, 9.17) is 5.73 Å².